The van der Waals surface area contributed by atoms with Crippen molar-refractivity contribution < 1.29 is 0 Å². The number of rotatable bonds is 2. The first-order chi connectivity index (χ1) is 9.24. The van der Waals surface area contributed by atoms with Gasteiger partial charge in [0.15, 0.2) is 0 Å². The summed E-state index contributed by atoms with van der Waals surface area (Å²) in [5, 5.41) is 4.38. The van der Waals surface area contributed by atoms with Crippen LogP contribution in [0.25, 0.3) is 16.8 Å². The number of aryl methyl sites for hydroxylation is 1. The van der Waals surface area contributed by atoms with Gasteiger partial charge in [0.05, 0.1) is 11.9 Å². The second-order valence-corrected chi connectivity index (χ2v) is 4.42. The molecule has 1 aromatic carbocycles. The Balaban J connectivity index is 2.03. The molecule has 0 unspecified atom stereocenters. The summed E-state index contributed by atoms with van der Waals surface area (Å²) in [7, 11) is 0. The van der Waals surface area contributed by atoms with E-state index >= 15 is 0 Å². The van der Waals surface area contributed by atoms with Crippen LogP contribution in [-0.2, 0) is 0 Å². The second kappa shape index (κ2) is 4.57. The maximum Gasteiger partial charge on any atom is 0.0679 e. The monoisotopic (exact) mass is 250 g/mol. The Morgan fingerprint density at radius 1 is 1.16 bits per heavy atom. The topological polar surface area (TPSA) is 56.7 Å². The van der Waals surface area contributed by atoms with Gasteiger partial charge in [0.25, 0.3) is 0 Å². The standard InChI is InChI=1S/C15H14N4/c1-11-8-13(6-7-17-11)19-10-12(9-18-19)14-4-2-3-5-15(14)16/h2-10H,16H2,1H3. The highest BCUT2D eigenvalue weighted by Crippen LogP contribution is 2.25. The first-order valence-electron chi connectivity index (χ1n) is 6.06. The number of para-hydroxylation sites is 1. The van der Waals surface area contributed by atoms with Crippen LogP contribution in [0.4, 0.5) is 5.69 Å². The smallest absolute Gasteiger partial charge is 0.0679 e. The van der Waals surface area contributed by atoms with E-state index in [2.05, 4.69) is 10.1 Å². The van der Waals surface area contributed by atoms with E-state index in [1.54, 1.807) is 6.20 Å². The van der Waals surface area contributed by atoms with E-state index in [-0.39, 0.29) is 0 Å². The molecule has 0 saturated heterocycles. The Bertz CT molecular complexity index is 715. The van der Waals surface area contributed by atoms with Gasteiger partial charge < -0.3 is 5.73 Å². The van der Waals surface area contributed by atoms with Crippen LogP contribution in [0.2, 0.25) is 0 Å². The molecular weight excluding hydrogens is 236 g/mol. The summed E-state index contributed by atoms with van der Waals surface area (Å²) in [6.07, 6.45) is 5.57. The van der Waals surface area contributed by atoms with Crippen LogP contribution >= 0.6 is 0 Å². The van der Waals surface area contributed by atoms with Gasteiger partial charge in [0, 0.05) is 34.9 Å². The average Bonchev–Trinajstić information content (AvgIpc) is 2.89. The number of nitrogens with zero attached hydrogens (tertiary/aromatic N) is 3. The van der Waals surface area contributed by atoms with Crippen molar-refractivity contribution in [3.05, 3.63) is 60.7 Å². The van der Waals surface area contributed by atoms with Crippen LogP contribution in [0.15, 0.2) is 55.0 Å². The lowest BCUT2D eigenvalue weighted by atomic mass is 10.1. The molecule has 0 spiro atoms. The maximum absolute atomic E-state index is 5.98. The molecule has 0 aliphatic rings. The van der Waals surface area contributed by atoms with E-state index in [1.165, 1.54) is 0 Å². The van der Waals surface area contributed by atoms with Gasteiger partial charge in [-0.2, -0.15) is 5.10 Å². The Hall–Kier alpha value is -2.62. The minimum atomic E-state index is 0.757. The molecule has 0 aliphatic carbocycles. The van der Waals surface area contributed by atoms with Gasteiger partial charge in [-0.25, -0.2) is 4.68 Å². The molecule has 4 heteroatoms. The quantitative estimate of drug-likeness (QED) is 0.711. The zero-order valence-electron chi connectivity index (χ0n) is 10.6. The fourth-order valence-electron chi connectivity index (χ4n) is 2.04. The molecule has 0 amide bonds. The SMILES string of the molecule is Cc1cc(-n2cc(-c3ccccc3N)cn2)ccn1. The molecule has 4 nitrogen and oxygen atoms in total. The number of anilines is 1. The molecule has 0 radical (unpaired) electrons. The van der Waals surface area contributed by atoms with Crippen LogP contribution in [-0.4, -0.2) is 14.8 Å². The summed E-state index contributed by atoms with van der Waals surface area (Å²) in [5.41, 5.74) is 10.7. The largest absolute Gasteiger partial charge is 0.398 e. The van der Waals surface area contributed by atoms with Crippen LogP contribution < -0.4 is 5.73 Å². The third-order valence-corrected chi connectivity index (χ3v) is 3.00. The van der Waals surface area contributed by atoms with Crippen LogP contribution in [0.1, 0.15) is 5.69 Å². The van der Waals surface area contributed by atoms with Crippen molar-refractivity contribution >= 4 is 5.69 Å². The number of nitrogens with two attached hydrogens (primary N) is 1. The van der Waals surface area contributed by atoms with E-state index in [0.29, 0.717) is 0 Å². The lowest BCUT2D eigenvalue weighted by Gasteiger charge is -2.02. The van der Waals surface area contributed by atoms with E-state index in [0.717, 1.165) is 28.2 Å². The molecule has 2 heterocycles. The van der Waals surface area contributed by atoms with Crippen LogP contribution in [0.3, 0.4) is 0 Å². The minimum absolute atomic E-state index is 0.757. The van der Waals surface area contributed by atoms with Crippen molar-refractivity contribution in [3.63, 3.8) is 0 Å². The summed E-state index contributed by atoms with van der Waals surface area (Å²) in [4.78, 5) is 4.18. The van der Waals surface area contributed by atoms with Crippen molar-refractivity contribution in [1.29, 1.82) is 0 Å². The summed E-state index contributed by atoms with van der Waals surface area (Å²) < 4.78 is 1.83. The normalized spacial score (nSPS) is 10.6. The van der Waals surface area contributed by atoms with Gasteiger partial charge in [-0.05, 0) is 25.1 Å². The predicted molar refractivity (Wildman–Crippen MR) is 75.9 cm³/mol. The Morgan fingerprint density at radius 3 is 2.79 bits per heavy atom. The van der Waals surface area contributed by atoms with Crippen molar-refractivity contribution in [1.82, 2.24) is 14.8 Å². The Morgan fingerprint density at radius 2 is 2.00 bits per heavy atom. The molecule has 3 rings (SSSR count). The Labute approximate surface area is 111 Å². The molecule has 2 N–H and O–H groups in total. The summed E-state index contributed by atoms with van der Waals surface area (Å²) in [6, 6.07) is 11.7. The van der Waals surface area contributed by atoms with Crippen molar-refractivity contribution in [2.45, 2.75) is 6.92 Å². The summed E-state index contributed by atoms with van der Waals surface area (Å²) >= 11 is 0. The molecule has 19 heavy (non-hydrogen) atoms. The number of hydrogen-bond donors (Lipinski definition) is 1. The number of hydrogen-bond acceptors (Lipinski definition) is 3. The van der Waals surface area contributed by atoms with E-state index in [4.69, 9.17) is 5.73 Å². The first-order valence-corrected chi connectivity index (χ1v) is 6.06. The fourth-order valence-corrected chi connectivity index (χ4v) is 2.04. The average molecular weight is 250 g/mol. The summed E-state index contributed by atoms with van der Waals surface area (Å²) in [5.74, 6) is 0. The van der Waals surface area contributed by atoms with E-state index in [9.17, 15) is 0 Å². The predicted octanol–water partition coefficient (Wildman–Crippen LogP) is 2.82. The third kappa shape index (κ3) is 2.20. The molecule has 0 saturated carbocycles. The van der Waals surface area contributed by atoms with E-state index in [1.807, 2.05) is 60.4 Å². The van der Waals surface area contributed by atoms with Crippen LogP contribution in [0, 0.1) is 6.92 Å². The molecular formula is C15H14N4. The third-order valence-electron chi connectivity index (χ3n) is 3.00. The van der Waals surface area contributed by atoms with Crippen molar-refractivity contribution in [3.8, 4) is 16.8 Å². The highest BCUT2D eigenvalue weighted by Gasteiger charge is 2.06. The van der Waals surface area contributed by atoms with Crippen molar-refractivity contribution in [2.24, 2.45) is 0 Å². The van der Waals surface area contributed by atoms with Crippen molar-refractivity contribution in [2.75, 3.05) is 5.73 Å². The maximum atomic E-state index is 5.98. The first kappa shape index (κ1) is 11.5. The zero-order chi connectivity index (χ0) is 13.2. The fraction of sp³-hybridized carbons (Fsp3) is 0.0667. The van der Waals surface area contributed by atoms with Crippen LogP contribution in [0.5, 0.6) is 0 Å². The zero-order valence-corrected chi connectivity index (χ0v) is 10.6. The highest BCUT2D eigenvalue weighted by atomic mass is 15.3. The molecule has 94 valence electrons. The van der Waals surface area contributed by atoms with Gasteiger partial charge in [0.2, 0.25) is 0 Å². The van der Waals surface area contributed by atoms with E-state index < -0.39 is 0 Å². The van der Waals surface area contributed by atoms with Gasteiger partial charge in [-0.1, -0.05) is 18.2 Å². The summed E-state index contributed by atoms with van der Waals surface area (Å²) in [6.45, 7) is 1.96. The number of benzene rings is 1. The molecule has 0 atom stereocenters. The van der Waals surface area contributed by atoms with Gasteiger partial charge >= 0.3 is 0 Å². The molecule has 0 fully saturated rings. The van der Waals surface area contributed by atoms with Gasteiger partial charge in [0.1, 0.15) is 0 Å². The molecule has 0 bridgehead atoms. The second-order valence-electron chi connectivity index (χ2n) is 4.42. The minimum Gasteiger partial charge on any atom is -0.398 e. The number of aromatic nitrogens is 3. The lowest BCUT2D eigenvalue weighted by Crippen LogP contribution is -1.95. The highest BCUT2D eigenvalue weighted by molar-refractivity contribution is 5.75. The van der Waals surface area contributed by atoms with Gasteiger partial charge in [-0.15, -0.1) is 0 Å². The Kier molecular flexibility index (Phi) is 2.76. The molecule has 2 aromatic heterocycles. The molecule has 3 aromatic rings. The number of pyridine rings is 1. The molecule has 0 aliphatic heterocycles. The number of nitrogen functional groups attached to an aromatic ring is 1. The lowest BCUT2D eigenvalue weighted by molar-refractivity contribution is 0.875. The van der Waals surface area contributed by atoms with Gasteiger partial charge in [-0.3, -0.25) is 4.98 Å².